The van der Waals surface area contributed by atoms with Gasteiger partial charge in [-0.15, -0.1) is 4.85 Å². The summed E-state index contributed by atoms with van der Waals surface area (Å²) in [5.74, 6) is 0.0908. The summed E-state index contributed by atoms with van der Waals surface area (Å²) in [6.07, 6.45) is 1.81. The van der Waals surface area contributed by atoms with E-state index in [4.69, 9.17) is 11.6 Å². The van der Waals surface area contributed by atoms with Gasteiger partial charge in [0.1, 0.15) is 0 Å². The van der Waals surface area contributed by atoms with Gasteiger partial charge in [-0.05, 0) is 63.1 Å². The minimum Gasteiger partial charge on any atom is -0.692 e. The fraction of sp³-hybridized carbons (Fsp3) is 0.571. The first kappa shape index (κ1) is 26.3. The number of halogens is 1. The van der Waals surface area contributed by atoms with Crippen molar-refractivity contribution in [2.75, 3.05) is 0 Å². The Morgan fingerprint density at radius 2 is 1.44 bits per heavy atom. The van der Waals surface area contributed by atoms with Crippen molar-refractivity contribution in [3.05, 3.63) is 51.7 Å². The molecule has 3 aromatic rings. The van der Waals surface area contributed by atoms with Crippen molar-refractivity contribution in [3.63, 3.8) is 0 Å². The number of hydrogen-bond acceptors (Lipinski definition) is 3. The highest BCUT2D eigenvalue weighted by Crippen LogP contribution is 2.45. The van der Waals surface area contributed by atoms with Gasteiger partial charge in [-0.3, -0.25) is 0 Å². The molecule has 0 amide bonds. The van der Waals surface area contributed by atoms with Crippen molar-refractivity contribution in [3.8, 4) is 11.4 Å². The van der Waals surface area contributed by atoms with E-state index in [9.17, 15) is 10.3 Å². The average Bonchev–Trinajstić information content (AvgIpc) is 2.93. The highest BCUT2D eigenvalue weighted by atomic mass is 35.5. The number of benzene rings is 2. The van der Waals surface area contributed by atoms with Crippen LogP contribution >= 0.6 is 11.6 Å². The van der Waals surface area contributed by atoms with Crippen LogP contribution in [-0.4, -0.2) is 15.0 Å². The Morgan fingerprint density at radius 3 is 2.00 bits per heavy atom. The van der Waals surface area contributed by atoms with Crippen molar-refractivity contribution in [2.24, 2.45) is 10.8 Å². The van der Waals surface area contributed by atoms with E-state index in [2.05, 4.69) is 80.4 Å². The van der Waals surface area contributed by atoms with Crippen LogP contribution in [0.2, 0.25) is 5.02 Å². The summed E-state index contributed by atoms with van der Waals surface area (Å²) in [6.45, 7) is 22.1. The van der Waals surface area contributed by atoms with Gasteiger partial charge in [0.05, 0.1) is 5.10 Å². The van der Waals surface area contributed by atoms with Crippen LogP contribution in [0.15, 0.2) is 30.3 Å². The molecule has 0 spiro atoms. The molecule has 34 heavy (non-hydrogen) atoms. The summed E-state index contributed by atoms with van der Waals surface area (Å²) in [5.41, 5.74) is 2.83. The topological polar surface area (TPSA) is 65.0 Å². The Labute approximate surface area is 209 Å². The smallest absolute Gasteiger partial charge is 0.251 e. The Balaban J connectivity index is 2.33. The molecule has 186 valence electrons. The van der Waals surface area contributed by atoms with Gasteiger partial charge < -0.3 is 10.3 Å². The Bertz CT molecular complexity index is 1210. The zero-order valence-corrected chi connectivity index (χ0v) is 23.1. The van der Waals surface area contributed by atoms with Crippen molar-refractivity contribution in [2.45, 2.75) is 92.9 Å². The van der Waals surface area contributed by atoms with E-state index in [1.807, 2.05) is 6.07 Å². The van der Waals surface area contributed by atoms with E-state index in [0.29, 0.717) is 21.7 Å². The largest absolute Gasteiger partial charge is 0.692 e. The quantitative estimate of drug-likeness (QED) is 0.301. The van der Waals surface area contributed by atoms with E-state index < -0.39 is 0 Å². The standard InChI is InChI=1S/C28H40ClN3O2/c1-25(2,3)16-27(7,8)18-13-20(28(9,10)17-26(4,5)6)24(33)23(14-18)31-30-21-15-19(29)11-12-22(21)32(31)34/h11-15,33H,16-17H2,1-10H3. The molecule has 1 N–H and O–H groups in total. The number of aromatic hydroxyl groups is 1. The zero-order valence-electron chi connectivity index (χ0n) is 22.4. The van der Waals surface area contributed by atoms with Gasteiger partial charge in [0.2, 0.25) is 5.52 Å². The van der Waals surface area contributed by atoms with Crippen LogP contribution in [0, 0.1) is 16.0 Å². The molecule has 0 saturated heterocycles. The van der Waals surface area contributed by atoms with Gasteiger partial charge in [-0.1, -0.05) is 86.9 Å². The van der Waals surface area contributed by atoms with Crippen LogP contribution in [0.25, 0.3) is 16.7 Å². The molecule has 0 aliphatic carbocycles. The number of nitrogens with zero attached hydrogens (tertiary/aromatic N) is 3. The number of rotatable bonds is 5. The summed E-state index contributed by atoms with van der Waals surface area (Å²) < 4.78 is 0. The van der Waals surface area contributed by atoms with Crippen LogP contribution in [0.1, 0.15) is 93.2 Å². The lowest BCUT2D eigenvalue weighted by atomic mass is 9.68. The third-order valence-electron chi connectivity index (χ3n) is 6.28. The SMILES string of the molecule is CC(C)(C)CC(C)(C)c1cc(-n2nc3cc(Cl)ccc3[n+]2[O-])c(O)c(C(C)(C)CC(C)(C)C)c1. The molecule has 1 heterocycles. The molecule has 6 heteroatoms. The molecule has 0 aliphatic rings. The average molecular weight is 486 g/mol. The van der Waals surface area contributed by atoms with Crippen LogP contribution in [-0.2, 0) is 10.8 Å². The van der Waals surface area contributed by atoms with E-state index in [0.717, 1.165) is 28.8 Å². The maximum absolute atomic E-state index is 13.2. The number of phenolic OH excluding ortho intramolecular Hbond substituents is 1. The van der Waals surface area contributed by atoms with Crippen molar-refractivity contribution >= 4 is 22.6 Å². The highest BCUT2D eigenvalue weighted by molar-refractivity contribution is 6.31. The summed E-state index contributed by atoms with van der Waals surface area (Å²) in [6, 6.07) is 9.04. The second-order valence-corrected chi connectivity index (χ2v) is 13.9. The summed E-state index contributed by atoms with van der Waals surface area (Å²) >= 11 is 6.14. The zero-order chi connectivity index (χ0) is 25.9. The lowest BCUT2D eigenvalue weighted by Crippen LogP contribution is -2.38. The second-order valence-electron chi connectivity index (χ2n) is 13.4. The first-order valence-electron chi connectivity index (χ1n) is 12.0. The monoisotopic (exact) mass is 485 g/mol. The van der Waals surface area contributed by atoms with Gasteiger partial charge in [0, 0.05) is 16.7 Å². The third-order valence-corrected chi connectivity index (χ3v) is 6.51. The second kappa shape index (κ2) is 8.44. The van der Waals surface area contributed by atoms with Crippen LogP contribution in [0.5, 0.6) is 5.75 Å². The van der Waals surface area contributed by atoms with Gasteiger partial charge in [0.25, 0.3) is 5.52 Å². The molecule has 0 aliphatic heterocycles. The van der Waals surface area contributed by atoms with E-state index in [1.54, 1.807) is 18.2 Å². The molecule has 0 atom stereocenters. The first-order chi connectivity index (χ1) is 15.3. The Kier molecular flexibility index (Phi) is 6.54. The first-order valence-corrected chi connectivity index (χ1v) is 12.4. The van der Waals surface area contributed by atoms with Crippen molar-refractivity contribution in [1.82, 2.24) is 9.90 Å². The number of aromatic nitrogens is 3. The summed E-state index contributed by atoms with van der Waals surface area (Å²) in [5, 5.41) is 29.8. The minimum absolute atomic E-state index is 0.0581. The third kappa shape index (κ3) is 5.51. The van der Waals surface area contributed by atoms with Crippen LogP contribution in [0.3, 0.4) is 0 Å². The van der Waals surface area contributed by atoms with Gasteiger partial charge in [-0.2, -0.15) is 0 Å². The van der Waals surface area contributed by atoms with E-state index in [1.165, 1.54) is 4.80 Å². The Morgan fingerprint density at radius 1 is 0.882 bits per heavy atom. The Hall–Kier alpha value is -2.27. The van der Waals surface area contributed by atoms with Crippen molar-refractivity contribution < 1.29 is 9.95 Å². The predicted molar refractivity (Wildman–Crippen MR) is 141 cm³/mol. The fourth-order valence-corrected chi connectivity index (χ4v) is 5.83. The van der Waals surface area contributed by atoms with E-state index in [-0.39, 0.29) is 27.4 Å². The fourth-order valence-electron chi connectivity index (χ4n) is 5.66. The lowest BCUT2D eigenvalue weighted by molar-refractivity contribution is -0.664. The molecule has 2 aromatic carbocycles. The number of phenols is 1. The van der Waals surface area contributed by atoms with Crippen LogP contribution in [0.4, 0.5) is 0 Å². The summed E-state index contributed by atoms with van der Waals surface area (Å²) in [7, 11) is 0. The van der Waals surface area contributed by atoms with Crippen molar-refractivity contribution in [1.29, 1.82) is 0 Å². The maximum Gasteiger partial charge on any atom is 0.251 e. The molecule has 0 bridgehead atoms. The highest BCUT2D eigenvalue weighted by Gasteiger charge is 2.36. The molecular formula is C28H40ClN3O2. The van der Waals surface area contributed by atoms with Crippen LogP contribution < -0.4 is 4.85 Å². The normalized spacial score (nSPS) is 13.6. The molecule has 0 unspecified atom stereocenters. The molecule has 5 nitrogen and oxygen atoms in total. The molecule has 0 saturated carbocycles. The minimum atomic E-state index is -0.325. The number of hydrogen-bond donors (Lipinski definition) is 1. The molecule has 0 fully saturated rings. The summed E-state index contributed by atoms with van der Waals surface area (Å²) in [4.78, 5) is 1.98. The molecule has 0 radical (unpaired) electrons. The van der Waals surface area contributed by atoms with Gasteiger partial charge >= 0.3 is 0 Å². The van der Waals surface area contributed by atoms with Gasteiger partial charge in [-0.25, -0.2) is 0 Å². The number of fused-ring (bicyclic) bond motifs is 1. The maximum atomic E-state index is 13.2. The lowest BCUT2D eigenvalue weighted by Gasteiger charge is -2.37. The molecule has 1 aromatic heterocycles. The predicted octanol–water partition coefficient (Wildman–Crippen LogP) is 7.45. The molecular weight excluding hydrogens is 446 g/mol. The van der Waals surface area contributed by atoms with Gasteiger partial charge in [0.15, 0.2) is 11.4 Å². The molecule has 3 rings (SSSR count). The van der Waals surface area contributed by atoms with E-state index >= 15 is 0 Å².